The van der Waals surface area contributed by atoms with Crippen molar-refractivity contribution in [3.8, 4) is 5.75 Å². The molecule has 0 spiro atoms. The normalized spacial score (nSPS) is 11.9. The van der Waals surface area contributed by atoms with Gasteiger partial charge in [0.1, 0.15) is 11.8 Å². The molecule has 0 unspecified atom stereocenters. The minimum Gasteiger partial charge on any atom is -0.494 e. The molecule has 1 atom stereocenters. The van der Waals surface area contributed by atoms with Gasteiger partial charge in [-0.25, -0.2) is 0 Å². The first-order valence-corrected chi connectivity index (χ1v) is 10.5. The largest absolute Gasteiger partial charge is 0.494 e. The molecule has 0 bridgehead atoms. The monoisotopic (exact) mass is 442 g/mol. The van der Waals surface area contributed by atoms with Crippen LogP contribution < -0.4 is 10.1 Å². The SMILES string of the molecule is CCOc1ccc(CN(C)[C@@H](C(=O)Nc2cc(Cl)cc(Cl)c2)c2ccccc2)cc1. The fourth-order valence-corrected chi connectivity index (χ4v) is 3.84. The van der Waals surface area contributed by atoms with Crippen molar-refractivity contribution in [2.24, 2.45) is 0 Å². The quantitative estimate of drug-likeness (QED) is 0.451. The summed E-state index contributed by atoms with van der Waals surface area (Å²) in [5.74, 6) is 0.673. The van der Waals surface area contributed by atoms with Crippen LogP contribution in [0.4, 0.5) is 5.69 Å². The maximum atomic E-state index is 13.2. The number of hydrogen-bond acceptors (Lipinski definition) is 3. The summed E-state index contributed by atoms with van der Waals surface area (Å²) in [5, 5.41) is 3.88. The molecule has 1 amide bonds. The molecule has 4 nitrogen and oxygen atoms in total. The van der Waals surface area contributed by atoms with Gasteiger partial charge in [0.05, 0.1) is 6.61 Å². The first-order valence-electron chi connectivity index (χ1n) is 9.70. The zero-order valence-electron chi connectivity index (χ0n) is 16.9. The fourth-order valence-electron chi connectivity index (χ4n) is 3.31. The van der Waals surface area contributed by atoms with Gasteiger partial charge >= 0.3 is 0 Å². The molecule has 0 heterocycles. The van der Waals surface area contributed by atoms with Crippen LogP contribution in [0, 0.1) is 0 Å². The Labute approximate surface area is 187 Å². The number of carbonyl (C=O) groups is 1. The molecule has 6 heteroatoms. The highest BCUT2D eigenvalue weighted by molar-refractivity contribution is 6.35. The average Bonchev–Trinajstić information content (AvgIpc) is 2.70. The number of nitrogens with one attached hydrogen (secondary N) is 1. The van der Waals surface area contributed by atoms with E-state index in [4.69, 9.17) is 27.9 Å². The molecule has 30 heavy (non-hydrogen) atoms. The van der Waals surface area contributed by atoms with Crippen molar-refractivity contribution in [3.63, 3.8) is 0 Å². The van der Waals surface area contributed by atoms with Gasteiger partial charge in [-0.1, -0.05) is 65.7 Å². The van der Waals surface area contributed by atoms with Gasteiger partial charge in [-0.2, -0.15) is 0 Å². The number of anilines is 1. The number of likely N-dealkylation sites (N-methyl/N-ethyl adjacent to an activating group) is 1. The minimum absolute atomic E-state index is 0.159. The van der Waals surface area contributed by atoms with Crippen molar-refractivity contribution < 1.29 is 9.53 Å². The number of ether oxygens (including phenoxy) is 1. The van der Waals surface area contributed by atoms with Gasteiger partial charge < -0.3 is 10.1 Å². The van der Waals surface area contributed by atoms with Gasteiger partial charge in [0.15, 0.2) is 0 Å². The molecule has 0 fully saturated rings. The van der Waals surface area contributed by atoms with Crippen LogP contribution in [0.25, 0.3) is 0 Å². The second-order valence-electron chi connectivity index (χ2n) is 6.95. The lowest BCUT2D eigenvalue weighted by Crippen LogP contribution is -2.34. The molecule has 3 rings (SSSR count). The number of nitrogens with zero attached hydrogens (tertiary/aromatic N) is 1. The lowest BCUT2D eigenvalue weighted by molar-refractivity contribution is -0.121. The Hall–Kier alpha value is -2.53. The molecule has 0 saturated carbocycles. The van der Waals surface area contributed by atoms with Gasteiger partial charge in [0.25, 0.3) is 0 Å². The predicted molar refractivity (Wildman–Crippen MR) is 123 cm³/mol. The zero-order valence-corrected chi connectivity index (χ0v) is 18.5. The summed E-state index contributed by atoms with van der Waals surface area (Å²) in [6.07, 6.45) is 0. The van der Waals surface area contributed by atoms with E-state index in [0.717, 1.165) is 16.9 Å². The number of carbonyl (C=O) groups excluding carboxylic acids is 1. The van der Waals surface area contributed by atoms with Crippen molar-refractivity contribution in [3.05, 3.63) is 94.0 Å². The highest BCUT2D eigenvalue weighted by Gasteiger charge is 2.25. The summed E-state index contributed by atoms with van der Waals surface area (Å²) in [4.78, 5) is 15.3. The standard InChI is InChI=1S/C24H24Cl2N2O2/c1-3-30-22-11-9-17(10-12-22)16-28(2)23(18-7-5-4-6-8-18)24(29)27-21-14-19(25)13-20(26)15-21/h4-15,23H,3,16H2,1-2H3,(H,27,29)/t23-/m1/s1. The van der Waals surface area contributed by atoms with Crippen molar-refractivity contribution in [2.45, 2.75) is 19.5 Å². The highest BCUT2D eigenvalue weighted by Crippen LogP contribution is 2.27. The van der Waals surface area contributed by atoms with Crippen molar-refractivity contribution >= 4 is 34.8 Å². The molecule has 156 valence electrons. The summed E-state index contributed by atoms with van der Waals surface area (Å²) < 4.78 is 5.51. The summed E-state index contributed by atoms with van der Waals surface area (Å²) in [6, 6.07) is 22.1. The third kappa shape index (κ3) is 5.99. The van der Waals surface area contributed by atoms with Crippen LogP contribution in [-0.4, -0.2) is 24.5 Å². The number of amides is 1. The molecule has 3 aromatic rings. The first-order chi connectivity index (χ1) is 14.5. The predicted octanol–water partition coefficient (Wildman–Crippen LogP) is 6.20. The maximum absolute atomic E-state index is 13.2. The molecule has 1 N–H and O–H groups in total. The minimum atomic E-state index is -0.490. The second-order valence-corrected chi connectivity index (χ2v) is 7.83. The van der Waals surface area contributed by atoms with Crippen molar-refractivity contribution in [1.82, 2.24) is 4.90 Å². The van der Waals surface area contributed by atoms with E-state index >= 15 is 0 Å². The van der Waals surface area contributed by atoms with Gasteiger partial charge in [-0.3, -0.25) is 9.69 Å². The Morgan fingerprint density at radius 1 is 1.00 bits per heavy atom. The number of hydrogen-bond donors (Lipinski definition) is 1. The molecule has 0 aliphatic rings. The Morgan fingerprint density at radius 3 is 2.23 bits per heavy atom. The molecule has 3 aromatic carbocycles. The summed E-state index contributed by atoms with van der Waals surface area (Å²) in [7, 11) is 1.93. The summed E-state index contributed by atoms with van der Waals surface area (Å²) in [6.45, 7) is 3.18. The van der Waals surface area contributed by atoms with Crippen LogP contribution in [-0.2, 0) is 11.3 Å². The van der Waals surface area contributed by atoms with Gasteiger partial charge in [-0.05, 0) is 55.4 Å². The van der Waals surface area contributed by atoms with E-state index in [1.807, 2.05) is 73.5 Å². The third-order valence-electron chi connectivity index (χ3n) is 4.60. The van der Waals surface area contributed by atoms with E-state index in [0.29, 0.717) is 28.9 Å². The highest BCUT2D eigenvalue weighted by atomic mass is 35.5. The Morgan fingerprint density at radius 2 is 1.63 bits per heavy atom. The fraction of sp³-hybridized carbons (Fsp3) is 0.208. The maximum Gasteiger partial charge on any atom is 0.246 e. The number of benzene rings is 3. The van der Waals surface area contributed by atoms with Crippen molar-refractivity contribution in [2.75, 3.05) is 19.0 Å². The topological polar surface area (TPSA) is 41.6 Å². The van der Waals surface area contributed by atoms with Crippen LogP contribution in [0.3, 0.4) is 0 Å². The molecule has 0 saturated heterocycles. The number of rotatable bonds is 8. The first kappa shape index (κ1) is 22.2. The Kier molecular flexibility index (Phi) is 7.75. The van der Waals surface area contributed by atoms with Gasteiger partial charge in [0.2, 0.25) is 5.91 Å². The average molecular weight is 443 g/mol. The molecule has 0 aliphatic heterocycles. The smallest absolute Gasteiger partial charge is 0.246 e. The van der Waals surface area contributed by atoms with Gasteiger partial charge in [0, 0.05) is 22.3 Å². The molecule has 0 radical (unpaired) electrons. The van der Waals surface area contributed by atoms with Crippen LogP contribution in [0.1, 0.15) is 24.1 Å². The van der Waals surface area contributed by atoms with E-state index in [1.165, 1.54) is 0 Å². The van der Waals surface area contributed by atoms with Crippen molar-refractivity contribution in [1.29, 1.82) is 0 Å². The summed E-state index contributed by atoms with van der Waals surface area (Å²) in [5.41, 5.74) is 2.55. The lowest BCUT2D eigenvalue weighted by atomic mass is 10.0. The summed E-state index contributed by atoms with van der Waals surface area (Å²) >= 11 is 12.2. The second kappa shape index (κ2) is 10.5. The molecular formula is C24H24Cl2N2O2. The van der Waals surface area contributed by atoms with E-state index in [1.54, 1.807) is 18.2 Å². The molecular weight excluding hydrogens is 419 g/mol. The van der Waals surface area contributed by atoms with E-state index in [2.05, 4.69) is 5.32 Å². The van der Waals surface area contributed by atoms with E-state index < -0.39 is 6.04 Å². The van der Waals surface area contributed by atoms with E-state index in [-0.39, 0.29) is 5.91 Å². The van der Waals surface area contributed by atoms with Crippen LogP contribution >= 0.6 is 23.2 Å². The van der Waals surface area contributed by atoms with Crippen LogP contribution in [0.5, 0.6) is 5.75 Å². The Bertz CT molecular complexity index is 958. The number of halogens is 2. The Balaban J connectivity index is 1.82. The van der Waals surface area contributed by atoms with Crippen LogP contribution in [0.2, 0.25) is 10.0 Å². The molecule has 0 aromatic heterocycles. The van der Waals surface area contributed by atoms with Gasteiger partial charge in [-0.15, -0.1) is 0 Å². The van der Waals surface area contributed by atoms with Crippen LogP contribution in [0.15, 0.2) is 72.8 Å². The van der Waals surface area contributed by atoms with E-state index in [9.17, 15) is 4.79 Å². The molecule has 0 aliphatic carbocycles. The zero-order chi connectivity index (χ0) is 21.5. The lowest BCUT2D eigenvalue weighted by Gasteiger charge is -2.28. The third-order valence-corrected chi connectivity index (χ3v) is 5.04.